The molecule has 1 rings (SSSR count). The van der Waals surface area contributed by atoms with E-state index in [1.165, 1.54) is 0 Å². The van der Waals surface area contributed by atoms with Gasteiger partial charge in [0.25, 0.3) is 0 Å². The second-order valence-corrected chi connectivity index (χ2v) is 1.79. The molecule has 62 valence electrons. The van der Waals surface area contributed by atoms with Crippen molar-refractivity contribution < 1.29 is 34.3 Å². The second-order valence-electron chi connectivity index (χ2n) is 1.79. The van der Waals surface area contributed by atoms with E-state index in [1.54, 1.807) is 0 Å². The number of rotatable bonds is 3. The van der Waals surface area contributed by atoms with Crippen molar-refractivity contribution in [2.24, 2.45) is 0 Å². The molecule has 0 amide bonds. The number of hydrogen-bond acceptors (Lipinski definition) is 5. The largest absolute Gasteiger partial charge is 0.510 e. The molecule has 0 radical (unpaired) electrons. The molecule has 1 aliphatic rings. The van der Waals surface area contributed by atoms with Crippen molar-refractivity contribution in [3.63, 3.8) is 0 Å². The summed E-state index contributed by atoms with van der Waals surface area (Å²) in [5.74, 6) is -3.18. The van der Waals surface area contributed by atoms with Gasteiger partial charge in [0.15, 0.2) is 0 Å². The molecule has 0 aromatic rings. The third kappa shape index (κ3) is 2.06. The fourth-order valence-corrected chi connectivity index (χ4v) is 0.494. The highest BCUT2D eigenvalue weighted by Gasteiger charge is 2.56. The summed E-state index contributed by atoms with van der Waals surface area (Å²) < 4.78 is 3.95. The molecule has 1 saturated heterocycles. The quantitative estimate of drug-likeness (QED) is 0.336. The van der Waals surface area contributed by atoms with E-state index in [1.807, 2.05) is 0 Å². The Bertz CT molecular complexity index is 175. The molecule has 0 aliphatic carbocycles. The summed E-state index contributed by atoms with van der Waals surface area (Å²) in [5.41, 5.74) is 0. The van der Waals surface area contributed by atoms with Crippen LogP contribution in [0.2, 0.25) is 0 Å². The highest BCUT2D eigenvalue weighted by Crippen LogP contribution is 2.34. The third-order valence-electron chi connectivity index (χ3n) is 0.880. The lowest BCUT2D eigenvalue weighted by Gasteiger charge is -2.00. The fraction of sp³-hybridized carbons (Fsp3) is 0.500. The number of aliphatic carboxylic acids is 1. The van der Waals surface area contributed by atoms with E-state index in [9.17, 15) is 9.59 Å². The van der Waals surface area contributed by atoms with Gasteiger partial charge in [0, 0.05) is 0 Å². The number of hydrogen-bond donors (Lipinski definition) is 2. The van der Waals surface area contributed by atoms with E-state index in [0.29, 0.717) is 0 Å². The Morgan fingerprint density at radius 2 is 1.91 bits per heavy atom. The van der Waals surface area contributed by atoms with Crippen LogP contribution >= 0.6 is 0 Å². The van der Waals surface area contributed by atoms with Gasteiger partial charge < -0.3 is 14.9 Å². The van der Waals surface area contributed by atoms with Crippen molar-refractivity contribution >= 4 is 12.1 Å². The van der Waals surface area contributed by atoms with Crippen LogP contribution in [0.15, 0.2) is 0 Å². The Morgan fingerprint density at radius 3 is 2.18 bits per heavy atom. The lowest BCUT2D eigenvalue weighted by atomic mass is 10.4. The van der Waals surface area contributed by atoms with Crippen molar-refractivity contribution in [1.82, 2.24) is 0 Å². The monoisotopic (exact) mass is 164 g/mol. The molecule has 1 heterocycles. The first-order valence-electron chi connectivity index (χ1n) is 2.55. The van der Waals surface area contributed by atoms with Gasteiger partial charge in [0.05, 0.1) is 0 Å². The van der Waals surface area contributed by atoms with Gasteiger partial charge in [-0.2, -0.15) is 9.78 Å². The molecule has 2 N–H and O–H groups in total. The maximum atomic E-state index is 10.0. The number of ether oxygens (including phenoxy) is 1. The lowest BCUT2D eigenvalue weighted by molar-refractivity contribution is -0.143. The molecule has 0 saturated carbocycles. The topological polar surface area (TPSA) is 109 Å². The van der Waals surface area contributed by atoms with Crippen LogP contribution in [-0.4, -0.2) is 28.3 Å². The molecule has 0 bridgehead atoms. The predicted octanol–water partition coefficient (Wildman–Crippen LogP) is -0.229. The standard InChI is InChI=1S/C4H4O7/c5-2(6)1-4(10-11-4)9-3(7)8/h1H2,(H,5,6)(H,7,8). The average molecular weight is 164 g/mol. The molecule has 7 heteroatoms. The van der Waals surface area contributed by atoms with E-state index >= 15 is 0 Å². The molecule has 0 aromatic carbocycles. The SMILES string of the molecule is O=C(O)CC1(OC(=O)O)OO1. The predicted molar refractivity (Wildman–Crippen MR) is 26.3 cm³/mol. The zero-order valence-electron chi connectivity index (χ0n) is 5.14. The Balaban J connectivity index is 2.41. The highest BCUT2D eigenvalue weighted by molar-refractivity contribution is 5.68. The number of carboxylic acid groups (broad SMARTS) is 2. The van der Waals surface area contributed by atoms with E-state index < -0.39 is 24.5 Å². The molecule has 0 atom stereocenters. The van der Waals surface area contributed by atoms with Crippen LogP contribution in [-0.2, 0) is 19.3 Å². The number of carbonyl (C=O) groups is 2. The van der Waals surface area contributed by atoms with Gasteiger partial charge in [-0.25, -0.2) is 4.79 Å². The van der Waals surface area contributed by atoms with Crippen molar-refractivity contribution in [2.75, 3.05) is 0 Å². The van der Waals surface area contributed by atoms with Crippen LogP contribution in [0.3, 0.4) is 0 Å². The minimum Gasteiger partial charge on any atom is -0.481 e. The summed E-state index contributed by atoms with van der Waals surface area (Å²) in [6.07, 6.45) is -2.32. The van der Waals surface area contributed by atoms with Gasteiger partial charge in [-0.15, -0.1) is 0 Å². The first kappa shape index (κ1) is 7.76. The summed E-state index contributed by atoms with van der Waals surface area (Å²) >= 11 is 0. The minimum absolute atomic E-state index is 0.667. The molecular weight excluding hydrogens is 160 g/mol. The molecule has 0 unspecified atom stereocenters. The van der Waals surface area contributed by atoms with Crippen LogP contribution in [0.25, 0.3) is 0 Å². The Kier molecular flexibility index (Phi) is 1.67. The van der Waals surface area contributed by atoms with Crippen molar-refractivity contribution in [3.05, 3.63) is 0 Å². The summed E-state index contributed by atoms with van der Waals surface area (Å²) in [7, 11) is 0. The van der Waals surface area contributed by atoms with E-state index in [4.69, 9.17) is 10.2 Å². The highest BCUT2D eigenvalue weighted by atomic mass is 17.5. The Labute approximate surface area is 60.0 Å². The molecule has 7 nitrogen and oxygen atoms in total. The van der Waals surface area contributed by atoms with Crippen molar-refractivity contribution in [2.45, 2.75) is 12.4 Å². The zero-order valence-corrected chi connectivity index (χ0v) is 5.14. The van der Waals surface area contributed by atoms with Crippen LogP contribution in [0.1, 0.15) is 6.42 Å². The third-order valence-corrected chi connectivity index (χ3v) is 0.880. The molecular formula is C4H4O7. The van der Waals surface area contributed by atoms with Crippen LogP contribution in [0, 0.1) is 0 Å². The molecule has 1 fully saturated rings. The number of carboxylic acids is 1. The zero-order chi connectivity index (χ0) is 8.48. The lowest BCUT2D eigenvalue weighted by Crippen LogP contribution is -2.23. The van der Waals surface area contributed by atoms with Crippen molar-refractivity contribution in [1.29, 1.82) is 0 Å². The Morgan fingerprint density at radius 1 is 1.36 bits per heavy atom. The summed E-state index contributed by atoms with van der Waals surface area (Å²) in [5, 5.41) is 16.2. The maximum absolute atomic E-state index is 10.0. The van der Waals surface area contributed by atoms with Crippen LogP contribution in [0.5, 0.6) is 0 Å². The van der Waals surface area contributed by atoms with Gasteiger partial charge >= 0.3 is 18.1 Å². The van der Waals surface area contributed by atoms with Crippen LogP contribution < -0.4 is 0 Å². The average Bonchev–Trinajstić information content (AvgIpc) is 2.43. The molecule has 0 aromatic heterocycles. The van der Waals surface area contributed by atoms with E-state index in [2.05, 4.69) is 14.5 Å². The Hall–Kier alpha value is -1.34. The van der Waals surface area contributed by atoms with Gasteiger partial charge in [0.1, 0.15) is 6.42 Å². The van der Waals surface area contributed by atoms with Crippen molar-refractivity contribution in [3.8, 4) is 0 Å². The smallest absolute Gasteiger partial charge is 0.481 e. The van der Waals surface area contributed by atoms with Gasteiger partial charge in [-0.05, 0) is 0 Å². The maximum Gasteiger partial charge on any atom is 0.510 e. The second kappa shape index (κ2) is 2.36. The molecule has 1 aliphatic heterocycles. The van der Waals surface area contributed by atoms with Crippen LogP contribution in [0.4, 0.5) is 4.79 Å². The van der Waals surface area contributed by atoms with E-state index in [0.717, 1.165) is 0 Å². The van der Waals surface area contributed by atoms with E-state index in [-0.39, 0.29) is 0 Å². The normalized spacial score (nSPS) is 18.9. The summed E-state index contributed by atoms with van der Waals surface area (Å²) in [6.45, 7) is 0. The summed E-state index contributed by atoms with van der Waals surface area (Å²) in [6, 6.07) is 0. The fourth-order valence-electron chi connectivity index (χ4n) is 0.494. The van der Waals surface area contributed by atoms with Gasteiger partial charge in [-0.1, -0.05) is 0 Å². The minimum atomic E-state index is -1.91. The summed E-state index contributed by atoms with van der Waals surface area (Å²) in [4.78, 5) is 27.9. The van der Waals surface area contributed by atoms with Gasteiger partial charge in [-0.3, -0.25) is 4.79 Å². The molecule has 0 spiro atoms. The molecule has 11 heavy (non-hydrogen) atoms. The van der Waals surface area contributed by atoms with Gasteiger partial charge in [0.2, 0.25) is 0 Å². The first-order valence-corrected chi connectivity index (χ1v) is 2.55. The first-order chi connectivity index (χ1) is 5.04.